The van der Waals surface area contributed by atoms with Crippen LogP contribution in [0.15, 0.2) is 0 Å². The summed E-state index contributed by atoms with van der Waals surface area (Å²) in [4.78, 5) is 11.0. The average Bonchev–Trinajstić information content (AvgIpc) is 2.09. The van der Waals surface area contributed by atoms with E-state index in [1.54, 1.807) is 0 Å². The molecule has 14 heavy (non-hydrogen) atoms. The van der Waals surface area contributed by atoms with E-state index in [0.29, 0.717) is 19.1 Å². The van der Waals surface area contributed by atoms with Crippen LogP contribution in [0, 0.1) is 5.92 Å². The van der Waals surface area contributed by atoms with Gasteiger partial charge in [-0.3, -0.25) is 4.79 Å². The molecule has 1 amide bonds. The first-order valence-corrected chi connectivity index (χ1v) is 5.18. The first-order valence-electron chi connectivity index (χ1n) is 5.18. The van der Waals surface area contributed by atoms with Crippen molar-refractivity contribution in [2.24, 2.45) is 11.7 Å². The fourth-order valence-electron chi connectivity index (χ4n) is 0.982. The predicted octanol–water partition coefficient (Wildman–Crippen LogP) is 0.513. The highest BCUT2D eigenvalue weighted by molar-refractivity contribution is 5.79. The Hall–Kier alpha value is -0.610. The Labute approximate surface area is 86.2 Å². The Bertz CT molecular complexity index is 160. The Morgan fingerprint density at radius 3 is 2.50 bits per heavy atom. The molecule has 1 atom stereocenters. The largest absolute Gasteiger partial charge is 0.379 e. The third kappa shape index (κ3) is 6.86. The topological polar surface area (TPSA) is 64.3 Å². The van der Waals surface area contributed by atoms with E-state index in [0.717, 1.165) is 13.0 Å². The van der Waals surface area contributed by atoms with E-state index in [4.69, 9.17) is 10.5 Å². The number of ether oxygens (including phenoxy) is 1. The summed E-state index contributed by atoms with van der Waals surface area (Å²) in [5.41, 5.74) is 5.21. The fourth-order valence-corrected chi connectivity index (χ4v) is 0.982. The molecule has 0 aromatic heterocycles. The number of carbonyl (C=O) groups is 1. The van der Waals surface area contributed by atoms with E-state index in [1.807, 2.05) is 6.92 Å². The number of nitrogens with two attached hydrogens (primary N) is 1. The first kappa shape index (κ1) is 13.4. The Kier molecular flexibility index (Phi) is 7.42. The maximum absolute atomic E-state index is 11.0. The standard InChI is InChI=1S/C10H22N2O2/c1-4-5-12-9(10(11)13)7-14-6-8(2)3/h8-9,12H,4-7H2,1-3H3,(H2,11,13). The summed E-state index contributed by atoms with van der Waals surface area (Å²) in [5.74, 6) is 0.136. The summed E-state index contributed by atoms with van der Waals surface area (Å²) in [6, 6.07) is -0.353. The number of amides is 1. The molecule has 0 radical (unpaired) electrons. The number of nitrogens with one attached hydrogen (secondary N) is 1. The van der Waals surface area contributed by atoms with E-state index in [1.165, 1.54) is 0 Å². The van der Waals surface area contributed by atoms with Crippen molar-refractivity contribution in [2.75, 3.05) is 19.8 Å². The van der Waals surface area contributed by atoms with Crippen LogP contribution in [-0.2, 0) is 9.53 Å². The lowest BCUT2D eigenvalue weighted by Gasteiger charge is -2.15. The molecule has 0 aliphatic heterocycles. The van der Waals surface area contributed by atoms with Crippen LogP contribution < -0.4 is 11.1 Å². The van der Waals surface area contributed by atoms with Crippen molar-refractivity contribution >= 4 is 5.91 Å². The van der Waals surface area contributed by atoms with E-state index in [2.05, 4.69) is 19.2 Å². The SMILES string of the molecule is CCCNC(COCC(C)C)C(N)=O. The first-order chi connectivity index (χ1) is 6.57. The minimum atomic E-state index is -0.353. The van der Waals surface area contributed by atoms with E-state index < -0.39 is 0 Å². The highest BCUT2D eigenvalue weighted by Gasteiger charge is 2.13. The van der Waals surface area contributed by atoms with Crippen molar-refractivity contribution < 1.29 is 9.53 Å². The highest BCUT2D eigenvalue weighted by Crippen LogP contribution is 1.94. The van der Waals surface area contributed by atoms with Crippen molar-refractivity contribution in [3.05, 3.63) is 0 Å². The molecule has 0 spiro atoms. The van der Waals surface area contributed by atoms with Crippen LogP contribution in [0.3, 0.4) is 0 Å². The van der Waals surface area contributed by atoms with Gasteiger partial charge in [-0.1, -0.05) is 20.8 Å². The Balaban J connectivity index is 3.68. The van der Waals surface area contributed by atoms with Gasteiger partial charge in [-0.2, -0.15) is 0 Å². The lowest BCUT2D eigenvalue weighted by Crippen LogP contribution is -2.45. The second-order valence-corrected chi connectivity index (χ2v) is 3.84. The van der Waals surface area contributed by atoms with Crippen LogP contribution in [0.2, 0.25) is 0 Å². The molecule has 0 saturated heterocycles. The molecular weight excluding hydrogens is 180 g/mol. The number of primary amides is 1. The quantitative estimate of drug-likeness (QED) is 0.603. The Morgan fingerprint density at radius 2 is 2.07 bits per heavy atom. The van der Waals surface area contributed by atoms with E-state index in [9.17, 15) is 4.79 Å². The maximum atomic E-state index is 11.0. The zero-order valence-electron chi connectivity index (χ0n) is 9.38. The lowest BCUT2D eigenvalue weighted by atomic mass is 10.2. The summed E-state index contributed by atoms with van der Waals surface area (Å²) in [5, 5.41) is 3.04. The number of hydrogen-bond acceptors (Lipinski definition) is 3. The van der Waals surface area contributed by atoms with Gasteiger partial charge in [-0.25, -0.2) is 0 Å². The van der Waals surface area contributed by atoms with Gasteiger partial charge in [0.05, 0.1) is 6.61 Å². The second-order valence-electron chi connectivity index (χ2n) is 3.84. The van der Waals surface area contributed by atoms with E-state index >= 15 is 0 Å². The lowest BCUT2D eigenvalue weighted by molar-refractivity contribution is -0.121. The Morgan fingerprint density at radius 1 is 1.43 bits per heavy atom. The van der Waals surface area contributed by atoms with Crippen molar-refractivity contribution in [1.29, 1.82) is 0 Å². The molecule has 3 N–H and O–H groups in total. The van der Waals surface area contributed by atoms with Gasteiger partial charge >= 0.3 is 0 Å². The summed E-state index contributed by atoms with van der Waals surface area (Å²) in [7, 11) is 0. The van der Waals surface area contributed by atoms with Gasteiger partial charge in [-0.15, -0.1) is 0 Å². The molecule has 0 rings (SSSR count). The number of carbonyl (C=O) groups excluding carboxylic acids is 1. The van der Waals surface area contributed by atoms with Gasteiger partial charge in [0.1, 0.15) is 6.04 Å². The smallest absolute Gasteiger partial charge is 0.236 e. The molecular formula is C10H22N2O2. The van der Waals surface area contributed by atoms with Gasteiger partial charge in [0.25, 0.3) is 0 Å². The summed E-state index contributed by atoms with van der Waals surface area (Å²) < 4.78 is 5.35. The zero-order valence-corrected chi connectivity index (χ0v) is 9.38. The second kappa shape index (κ2) is 7.76. The number of hydrogen-bond donors (Lipinski definition) is 2. The molecule has 1 unspecified atom stereocenters. The summed E-state index contributed by atoms with van der Waals surface area (Å²) in [6.45, 7) is 8.00. The molecule has 84 valence electrons. The van der Waals surface area contributed by atoms with Crippen molar-refractivity contribution in [3.63, 3.8) is 0 Å². The maximum Gasteiger partial charge on any atom is 0.236 e. The molecule has 0 heterocycles. The van der Waals surface area contributed by atoms with E-state index in [-0.39, 0.29) is 11.9 Å². The van der Waals surface area contributed by atoms with Crippen LogP contribution in [-0.4, -0.2) is 31.7 Å². The molecule has 0 bridgehead atoms. The van der Waals surface area contributed by atoms with Gasteiger partial charge in [0.2, 0.25) is 5.91 Å². The molecule has 0 aromatic rings. The van der Waals surface area contributed by atoms with Crippen LogP contribution in [0.1, 0.15) is 27.2 Å². The summed E-state index contributed by atoms with van der Waals surface area (Å²) in [6.07, 6.45) is 0.980. The third-order valence-electron chi connectivity index (χ3n) is 1.72. The summed E-state index contributed by atoms with van der Waals surface area (Å²) >= 11 is 0. The van der Waals surface area contributed by atoms with Crippen molar-refractivity contribution in [2.45, 2.75) is 33.2 Å². The predicted molar refractivity (Wildman–Crippen MR) is 56.9 cm³/mol. The minimum absolute atomic E-state index is 0.345. The zero-order chi connectivity index (χ0) is 11.0. The van der Waals surface area contributed by atoms with Crippen molar-refractivity contribution in [3.8, 4) is 0 Å². The monoisotopic (exact) mass is 202 g/mol. The van der Waals surface area contributed by atoms with Crippen LogP contribution in [0.5, 0.6) is 0 Å². The molecule has 4 nitrogen and oxygen atoms in total. The van der Waals surface area contributed by atoms with Crippen LogP contribution >= 0.6 is 0 Å². The molecule has 0 saturated carbocycles. The van der Waals surface area contributed by atoms with Crippen LogP contribution in [0.25, 0.3) is 0 Å². The molecule has 0 fully saturated rings. The fraction of sp³-hybridized carbons (Fsp3) is 0.900. The van der Waals surface area contributed by atoms with Gasteiger partial charge < -0.3 is 15.8 Å². The normalized spacial score (nSPS) is 13.1. The van der Waals surface area contributed by atoms with Crippen molar-refractivity contribution in [1.82, 2.24) is 5.32 Å². The van der Waals surface area contributed by atoms with Gasteiger partial charge in [0, 0.05) is 6.61 Å². The third-order valence-corrected chi connectivity index (χ3v) is 1.72. The molecule has 0 aliphatic rings. The van der Waals surface area contributed by atoms with Gasteiger partial charge in [0.15, 0.2) is 0 Å². The highest BCUT2D eigenvalue weighted by atomic mass is 16.5. The van der Waals surface area contributed by atoms with Crippen LogP contribution in [0.4, 0.5) is 0 Å². The van der Waals surface area contributed by atoms with Gasteiger partial charge in [-0.05, 0) is 18.9 Å². The number of rotatable bonds is 8. The minimum Gasteiger partial charge on any atom is -0.379 e. The molecule has 4 heteroatoms. The average molecular weight is 202 g/mol. The molecule has 0 aromatic carbocycles. The molecule has 0 aliphatic carbocycles.